The Morgan fingerprint density at radius 2 is 1.65 bits per heavy atom. The van der Waals surface area contributed by atoms with Crippen LogP contribution in [-0.4, -0.2) is 23.3 Å². The summed E-state index contributed by atoms with van der Waals surface area (Å²) in [6.45, 7) is 9.59. The summed E-state index contributed by atoms with van der Waals surface area (Å²) >= 11 is 0. The molecule has 5 heteroatoms. The van der Waals surface area contributed by atoms with E-state index in [0.29, 0.717) is 36.3 Å². The quantitative estimate of drug-likeness (QED) is 0.333. The number of aryl methyl sites for hydroxylation is 1. The summed E-state index contributed by atoms with van der Waals surface area (Å²) in [5.74, 6) is 1.54. The second-order valence-electron chi connectivity index (χ2n) is 10.8. The number of amides is 2. The molecule has 0 radical (unpaired) electrons. The number of hydrogen-bond acceptors (Lipinski definition) is 3. The predicted molar refractivity (Wildman–Crippen MR) is 147 cm³/mol. The van der Waals surface area contributed by atoms with Crippen molar-refractivity contribution in [2.75, 3.05) is 11.9 Å². The lowest BCUT2D eigenvalue weighted by Crippen LogP contribution is -2.35. The van der Waals surface area contributed by atoms with Crippen LogP contribution >= 0.6 is 0 Å². The normalized spacial score (nSPS) is 13.2. The molecule has 0 atom stereocenters. The van der Waals surface area contributed by atoms with Crippen molar-refractivity contribution in [1.82, 2.24) is 4.90 Å². The zero-order valence-electron chi connectivity index (χ0n) is 21.8. The Morgan fingerprint density at radius 3 is 2.38 bits per heavy atom. The van der Waals surface area contributed by atoms with Crippen LogP contribution in [0.1, 0.15) is 63.9 Å². The van der Waals surface area contributed by atoms with Crippen molar-refractivity contribution < 1.29 is 14.0 Å². The maximum absolute atomic E-state index is 13.0. The van der Waals surface area contributed by atoms with E-state index in [4.69, 9.17) is 4.42 Å². The molecule has 0 saturated heterocycles. The molecule has 0 aliphatic carbocycles. The highest BCUT2D eigenvalue weighted by atomic mass is 16.3. The standard InChI is InChI=1S/C32H32N2O3/c1-21-7-5-9-24(17-21)31(36)34-16-15-28-25(20-34)19-29(37-28)23-8-6-10-27(18-23)33-30(35)22-11-13-26(14-12-22)32(2,3)4/h5-14,17-19H,15-16,20H2,1-4H3,(H,33,35). The molecule has 188 valence electrons. The first-order valence-corrected chi connectivity index (χ1v) is 12.7. The number of nitrogens with one attached hydrogen (secondary N) is 1. The summed E-state index contributed by atoms with van der Waals surface area (Å²) in [4.78, 5) is 27.7. The van der Waals surface area contributed by atoms with E-state index in [1.807, 2.05) is 90.7 Å². The van der Waals surface area contributed by atoms with Crippen LogP contribution in [0.25, 0.3) is 11.3 Å². The van der Waals surface area contributed by atoms with Gasteiger partial charge < -0.3 is 14.6 Å². The topological polar surface area (TPSA) is 62.6 Å². The minimum atomic E-state index is -0.151. The molecule has 0 saturated carbocycles. The molecule has 3 aromatic carbocycles. The summed E-state index contributed by atoms with van der Waals surface area (Å²) in [7, 11) is 0. The zero-order chi connectivity index (χ0) is 26.2. The van der Waals surface area contributed by atoms with Crippen molar-refractivity contribution in [2.45, 2.75) is 46.1 Å². The minimum Gasteiger partial charge on any atom is -0.461 e. The van der Waals surface area contributed by atoms with Gasteiger partial charge in [-0.05, 0) is 60.4 Å². The number of hydrogen-bond donors (Lipinski definition) is 1. The van der Waals surface area contributed by atoms with Crippen molar-refractivity contribution in [3.8, 4) is 11.3 Å². The average Bonchev–Trinajstić information content (AvgIpc) is 3.31. The van der Waals surface area contributed by atoms with Gasteiger partial charge in [0.2, 0.25) is 0 Å². The van der Waals surface area contributed by atoms with Gasteiger partial charge in [0, 0.05) is 47.5 Å². The molecule has 2 amide bonds. The van der Waals surface area contributed by atoms with Crippen molar-refractivity contribution >= 4 is 17.5 Å². The third-order valence-electron chi connectivity index (χ3n) is 6.84. The third-order valence-corrected chi connectivity index (χ3v) is 6.84. The minimum absolute atomic E-state index is 0.0381. The molecule has 1 aliphatic rings. The number of benzene rings is 3. The number of carbonyl (C=O) groups is 2. The van der Waals surface area contributed by atoms with Gasteiger partial charge in [-0.1, -0.05) is 62.7 Å². The van der Waals surface area contributed by atoms with Gasteiger partial charge in [-0.15, -0.1) is 0 Å². The fraction of sp³-hybridized carbons (Fsp3) is 0.250. The molecule has 0 bridgehead atoms. The molecule has 37 heavy (non-hydrogen) atoms. The molecule has 5 nitrogen and oxygen atoms in total. The molecular formula is C32H32N2O3. The molecule has 0 spiro atoms. The number of furan rings is 1. The molecule has 4 aromatic rings. The van der Waals surface area contributed by atoms with E-state index in [9.17, 15) is 9.59 Å². The lowest BCUT2D eigenvalue weighted by atomic mass is 9.87. The summed E-state index contributed by atoms with van der Waals surface area (Å²) in [5.41, 5.74) is 6.23. The largest absolute Gasteiger partial charge is 0.461 e. The average molecular weight is 493 g/mol. The Bertz CT molecular complexity index is 1460. The van der Waals surface area contributed by atoms with Crippen molar-refractivity contribution in [1.29, 1.82) is 0 Å². The van der Waals surface area contributed by atoms with Crippen LogP contribution in [0.5, 0.6) is 0 Å². The monoisotopic (exact) mass is 492 g/mol. The van der Waals surface area contributed by atoms with E-state index in [-0.39, 0.29) is 17.2 Å². The van der Waals surface area contributed by atoms with E-state index < -0.39 is 0 Å². The van der Waals surface area contributed by atoms with Gasteiger partial charge in [-0.2, -0.15) is 0 Å². The van der Waals surface area contributed by atoms with Crippen LogP contribution in [-0.2, 0) is 18.4 Å². The molecule has 1 N–H and O–H groups in total. The van der Waals surface area contributed by atoms with Gasteiger partial charge >= 0.3 is 0 Å². The van der Waals surface area contributed by atoms with Gasteiger partial charge in [0.1, 0.15) is 11.5 Å². The van der Waals surface area contributed by atoms with Crippen LogP contribution in [0.4, 0.5) is 5.69 Å². The molecule has 5 rings (SSSR count). The summed E-state index contributed by atoms with van der Waals surface area (Å²) in [5, 5.41) is 3.00. The third kappa shape index (κ3) is 5.36. The number of anilines is 1. The molecule has 1 aliphatic heterocycles. The van der Waals surface area contributed by atoms with Gasteiger partial charge in [0.25, 0.3) is 11.8 Å². The fourth-order valence-corrected chi connectivity index (χ4v) is 4.68. The van der Waals surface area contributed by atoms with Crippen LogP contribution in [0, 0.1) is 6.92 Å². The molecule has 0 unspecified atom stereocenters. The van der Waals surface area contributed by atoms with Crippen LogP contribution in [0.15, 0.2) is 83.3 Å². The first-order valence-electron chi connectivity index (χ1n) is 12.7. The van der Waals surface area contributed by atoms with E-state index in [2.05, 4.69) is 26.1 Å². The second-order valence-corrected chi connectivity index (χ2v) is 10.8. The van der Waals surface area contributed by atoms with Crippen LogP contribution < -0.4 is 5.32 Å². The maximum Gasteiger partial charge on any atom is 0.255 e. The lowest BCUT2D eigenvalue weighted by molar-refractivity contribution is 0.0729. The van der Waals surface area contributed by atoms with Gasteiger partial charge in [-0.3, -0.25) is 9.59 Å². The van der Waals surface area contributed by atoms with Crippen LogP contribution in [0.2, 0.25) is 0 Å². The lowest BCUT2D eigenvalue weighted by Gasteiger charge is -2.26. The zero-order valence-corrected chi connectivity index (χ0v) is 21.8. The Hall–Kier alpha value is -4.12. The summed E-state index contributed by atoms with van der Waals surface area (Å²) in [6.07, 6.45) is 0.674. The first kappa shape index (κ1) is 24.6. The number of carbonyl (C=O) groups excluding carboxylic acids is 2. The van der Waals surface area contributed by atoms with Crippen LogP contribution in [0.3, 0.4) is 0 Å². The van der Waals surface area contributed by atoms with Crippen molar-refractivity contribution in [3.05, 3.63) is 112 Å². The van der Waals surface area contributed by atoms with E-state index in [1.165, 1.54) is 5.56 Å². The molecule has 0 fully saturated rings. The summed E-state index contributed by atoms with van der Waals surface area (Å²) in [6, 6.07) is 25.1. The maximum atomic E-state index is 13.0. The highest BCUT2D eigenvalue weighted by Gasteiger charge is 2.25. The van der Waals surface area contributed by atoms with Crippen molar-refractivity contribution in [2.24, 2.45) is 0 Å². The summed E-state index contributed by atoms with van der Waals surface area (Å²) < 4.78 is 6.18. The van der Waals surface area contributed by atoms with Gasteiger partial charge in [0.15, 0.2) is 0 Å². The SMILES string of the molecule is Cc1cccc(C(=O)N2CCc3oc(-c4cccc(NC(=O)c5ccc(C(C)(C)C)cc5)c4)cc3C2)c1. The number of nitrogens with zero attached hydrogens (tertiary/aromatic N) is 1. The van der Waals surface area contributed by atoms with Gasteiger partial charge in [0.05, 0.1) is 0 Å². The Kier molecular flexibility index (Phi) is 6.46. The highest BCUT2D eigenvalue weighted by Crippen LogP contribution is 2.31. The second kappa shape index (κ2) is 9.74. The molecule has 2 heterocycles. The van der Waals surface area contributed by atoms with Crippen molar-refractivity contribution in [3.63, 3.8) is 0 Å². The smallest absolute Gasteiger partial charge is 0.255 e. The predicted octanol–water partition coefficient (Wildman–Crippen LogP) is 7.00. The first-order chi connectivity index (χ1) is 17.7. The molecule has 1 aromatic heterocycles. The number of rotatable bonds is 4. The van der Waals surface area contributed by atoms with E-state index in [1.54, 1.807) is 0 Å². The Morgan fingerprint density at radius 1 is 0.892 bits per heavy atom. The van der Waals surface area contributed by atoms with E-state index >= 15 is 0 Å². The Balaban J connectivity index is 1.30. The Labute approximate surface area is 218 Å². The fourth-order valence-electron chi connectivity index (χ4n) is 4.68. The molecular weight excluding hydrogens is 460 g/mol. The highest BCUT2D eigenvalue weighted by molar-refractivity contribution is 6.04. The number of fused-ring (bicyclic) bond motifs is 1. The van der Waals surface area contributed by atoms with Gasteiger partial charge in [-0.25, -0.2) is 0 Å². The van der Waals surface area contributed by atoms with E-state index in [0.717, 1.165) is 28.2 Å².